The van der Waals surface area contributed by atoms with Crippen LogP contribution in [0, 0.1) is 11.3 Å². The van der Waals surface area contributed by atoms with Crippen LogP contribution in [-0.4, -0.2) is 22.6 Å². The van der Waals surface area contributed by atoms with Crippen LogP contribution in [0.15, 0.2) is 59.5 Å². The van der Waals surface area contributed by atoms with Gasteiger partial charge in [0.15, 0.2) is 0 Å². The van der Waals surface area contributed by atoms with Crippen molar-refractivity contribution in [1.82, 2.24) is 4.90 Å². The van der Waals surface area contributed by atoms with Gasteiger partial charge in [-0.25, -0.2) is 0 Å². The first-order valence-electron chi connectivity index (χ1n) is 7.47. The number of thioether (sulfide) groups is 1. The molecule has 0 saturated carbocycles. The third kappa shape index (κ3) is 3.55. The van der Waals surface area contributed by atoms with E-state index in [4.69, 9.17) is 5.26 Å². The van der Waals surface area contributed by atoms with Crippen molar-refractivity contribution in [2.24, 2.45) is 0 Å². The summed E-state index contributed by atoms with van der Waals surface area (Å²) in [6.45, 7) is 0.374. The van der Waals surface area contributed by atoms with E-state index in [1.165, 1.54) is 4.90 Å². The highest BCUT2D eigenvalue weighted by atomic mass is 32.2. The molecule has 0 spiro atoms. The van der Waals surface area contributed by atoms with Gasteiger partial charge in [0, 0.05) is 6.54 Å². The van der Waals surface area contributed by atoms with Gasteiger partial charge in [-0.3, -0.25) is 14.5 Å². The maximum Gasteiger partial charge on any atom is 0.293 e. The Morgan fingerprint density at radius 1 is 1.04 bits per heavy atom. The van der Waals surface area contributed by atoms with Gasteiger partial charge in [0.05, 0.1) is 16.5 Å². The number of nitrogens with zero attached hydrogens (tertiary/aromatic N) is 2. The Balaban J connectivity index is 1.71. The smallest absolute Gasteiger partial charge is 0.268 e. The zero-order valence-corrected chi connectivity index (χ0v) is 13.6. The Morgan fingerprint density at radius 2 is 1.75 bits per heavy atom. The lowest BCUT2D eigenvalue weighted by Gasteiger charge is -2.12. The lowest BCUT2D eigenvalue weighted by atomic mass is 10.1. The normalized spacial score (nSPS) is 15.8. The third-order valence-electron chi connectivity index (χ3n) is 3.68. The summed E-state index contributed by atoms with van der Waals surface area (Å²) in [6.07, 6.45) is 2.33. The predicted octanol–water partition coefficient (Wildman–Crippen LogP) is 3.84. The highest BCUT2D eigenvalue weighted by Crippen LogP contribution is 2.32. The fourth-order valence-electron chi connectivity index (χ4n) is 2.38. The largest absolute Gasteiger partial charge is 0.293 e. The minimum Gasteiger partial charge on any atom is -0.268 e. The molecule has 0 radical (unpaired) electrons. The van der Waals surface area contributed by atoms with E-state index in [0.717, 1.165) is 22.9 Å². The fourth-order valence-corrected chi connectivity index (χ4v) is 3.25. The Kier molecular flexibility index (Phi) is 4.78. The van der Waals surface area contributed by atoms with Crippen molar-refractivity contribution in [1.29, 1.82) is 5.26 Å². The van der Waals surface area contributed by atoms with Crippen molar-refractivity contribution < 1.29 is 9.59 Å². The molecule has 3 rings (SSSR count). The molecule has 1 fully saturated rings. The van der Waals surface area contributed by atoms with Crippen LogP contribution in [0.2, 0.25) is 0 Å². The molecule has 2 amide bonds. The first-order chi connectivity index (χ1) is 11.7. The van der Waals surface area contributed by atoms with Crippen molar-refractivity contribution in [2.45, 2.75) is 6.42 Å². The number of rotatable bonds is 4. The third-order valence-corrected chi connectivity index (χ3v) is 4.59. The van der Waals surface area contributed by atoms with E-state index in [-0.39, 0.29) is 11.1 Å². The second kappa shape index (κ2) is 7.16. The number of hydrogen-bond acceptors (Lipinski definition) is 4. The average Bonchev–Trinajstić information content (AvgIpc) is 2.88. The number of nitriles is 1. The van der Waals surface area contributed by atoms with Crippen LogP contribution < -0.4 is 0 Å². The molecule has 1 aliphatic rings. The molecule has 2 aromatic rings. The Morgan fingerprint density at radius 3 is 2.42 bits per heavy atom. The summed E-state index contributed by atoms with van der Waals surface area (Å²) in [7, 11) is 0. The van der Waals surface area contributed by atoms with Crippen LogP contribution in [-0.2, 0) is 11.2 Å². The van der Waals surface area contributed by atoms with Gasteiger partial charge < -0.3 is 0 Å². The molecule has 2 aromatic carbocycles. The first-order valence-corrected chi connectivity index (χ1v) is 8.28. The van der Waals surface area contributed by atoms with E-state index >= 15 is 0 Å². The summed E-state index contributed by atoms with van der Waals surface area (Å²) >= 11 is 0.955. The van der Waals surface area contributed by atoms with Gasteiger partial charge in [-0.05, 0) is 47.5 Å². The van der Waals surface area contributed by atoms with Gasteiger partial charge in [0.1, 0.15) is 0 Å². The van der Waals surface area contributed by atoms with E-state index in [0.29, 0.717) is 23.4 Å². The molecule has 4 nitrogen and oxygen atoms in total. The van der Waals surface area contributed by atoms with Crippen LogP contribution in [0.3, 0.4) is 0 Å². The van der Waals surface area contributed by atoms with Crippen LogP contribution in [0.5, 0.6) is 0 Å². The number of carbonyl (C=O) groups excluding carboxylic acids is 2. The van der Waals surface area contributed by atoms with E-state index in [1.54, 1.807) is 30.3 Å². The summed E-state index contributed by atoms with van der Waals surface area (Å²) in [4.78, 5) is 26.2. The van der Waals surface area contributed by atoms with E-state index in [2.05, 4.69) is 0 Å². The van der Waals surface area contributed by atoms with Gasteiger partial charge in [0.2, 0.25) is 0 Å². The topological polar surface area (TPSA) is 61.2 Å². The van der Waals surface area contributed by atoms with Crippen molar-refractivity contribution in [3.05, 3.63) is 76.2 Å². The van der Waals surface area contributed by atoms with Crippen LogP contribution in [0.25, 0.3) is 6.08 Å². The first kappa shape index (κ1) is 16.0. The zero-order valence-electron chi connectivity index (χ0n) is 12.8. The van der Waals surface area contributed by atoms with Crippen LogP contribution in [0.4, 0.5) is 4.79 Å². The molecule has 1 aliphatic heterocycles. The van der Waals surface area contributed by atoms with Gasteiger partial charge in [-0.2, -0.15) is 5.26 Å². The molecule has 5 heteroatoms. The second-order valence-corrected chi connectivity index (χ2v) is 6.30. The lowest BCUT2D eigenvalue weighted by molar-refractivity contribution is -0.122. The quantitative estimate of drug-likeness (QED) is 0.797. The van der Waals surface area contributed by atoms with Crippen molar-refractivity contribution in [3.8, 4) is 6.07 Å². The minimum atomic E-state index is -0.259. The van der Waals surface area contributed by atoms with Crippen LogP contribution in [0.1, 0.15) is 16.7 Å². The predicted molar refractivity (Wildman–Crippen MR) is 94.0 cm³/mol. The van der Waals surface area contributed by atoms with Gasteiger partial charge in [-0.1, -0.05) is 42.5 Å². The highest BCUT2D eigenvalue weighted by molar-refractivity contribution is 8.18. The molecule has 0 bridgehead atoms. The number of imide groups is 1. The Labute approximate surface area is 144 Å². The van der Waals surface area contributed by atoms with E-state index in [1.807, 2.05) is 36.4 Å². The number of hydrogen-bond donors (Lipinski definition) is 0. The number of carbonyl (C=O) groups is 2. The highest BCUT2D eigenvalue weighted by Gasteiger charge is 2.34. The molecular weight excluding hydrogens is 320 g/mol. The molecule has 0 aliphatic carbocycles. The number of amides is 2. The summed E-state index contributed by atoms with van der Waals surface area (Å²) in [6, 6.07) is 18.7. The molecule has 24 heavy (non-hydrogen) atoms. The van der Waals surface area contributed by atoms with E-state index < -0.39 is 0 Å². The Bertz CT molecular complexity index is 836. The lowest BCUT2D eigenvalue weighted by Crippen LogP contribution is -2.30. The number of benzene rings is 2. The van der Waals surface area contributed by atoms with Gasteiger partial charge in [-0.15, -0.1) is 0 Å². The Hall–Kier alpha value is -2.84. The second-order valence-electron chi connectivity index (χ2n) is 5.30. The SMILES string of the molecule is N#Cc1ccc(/C=C2/SC(=O)N(CCc3ccccc3)C2=O)cc1. The van der Waals surface area contributed by atoms with Crippen molar-refractivity contribution in [2.75, 3.05) is 6.54 Å². The maximum atomic E-state index is 12.4. The monoisotopic (exact) mass is 334 g/mol. The molecule has 0 atom stereocenters. The van der Waals surface area contributed by atoms with Crippen molar-refractivity contribution >= 4 is 29.0 Å². The van der Waals surface area contributed by atoms with Gasteiger partial charge in [0.25, 0.3) is 11.1 Å². The summed E-state index contributed by atoms with van der Waals surface area (Å²) < 4.78 is 0. The summed E-state index contributed by atoms with van der Waals surface area (Å²) in [5, 5.41) is 8.56. The minimum absolute atomic E-state index is 0.240. The van der Waals surface area contributed by atoms with Crippen molar-refractivity contribution in [3.63, 3.8) is 0 Å². The molecule has 0 aromatic heterocycles. The standard InChI is InChI=1S/C19H14N2O2S/c20-13-16-8-6-15(7-9-16)12-17-18(22)21(19(23)24-17)11-10-14-4-2-1-3-5-14/h1-9,12H,10-11H2/b17-12+. The molecule has 0 N–H and O–H groups in total. The molecular formula is C19H14N2O2S. The zero-order chi connectivity index (χ0) is 16.9. The van der Waals surface area contributed by atoms with Crippen LogP contribution >= 0.6 is 11.8 Å². The summed E-state index contributed by atoms with van der Waals surface area (Å²) in [5.41, 5.74) is 2.44. The summed E-state index contributed by atoms with van der Waals surface area (Å²) in [5.74, 6) is -0.259. The molecule has 118 valence electrons. The molecule has 1 saturated heterocycles. The fraction of sp³-hybridized carbons (Fsp3) is 0.105. The van der Waals surface area contributed by atoms with E-state index in [9.17, 15) is 9.59 Å². The molecule has 0 unspecified atom stereocenters. The maximum absolute atomic E-state index is 12.4. The molecule has 1 heterocycles. The average molecular weight is 334 g/mol. The van der Waals surface area contributed by atoms with Gasteiger partial charge >= 0.3 is 0 Å².